The maximum Gasteiger partial charge on any atom is 0.187 e. The second kappa shape index (κ2) is 26.8. The van der Waals surface area contributed by atoms with E-state index in [1.807, 2.05) is 0 Å². The van der Waals surface area contributed by atoms with Gasteiger partial charge in [0.25, 0.3) is 0 Å². The van der Waals surface area contributed by atoms with Crippen LogP contribution in [-0.2, 0) is 56.8 Å². The molecule has 15 unspecified atom stereocenters. The van der Waals surface area contributed by atoms with Gasteiger partial charge in [-0.25, -0.2) is 0 Å². The van der Waals surface area contributed by atoms with E-state index in [0.29, 0.717) is 59.5 Å². The zero-order valence-corrected chi connectivity index (χ0v) is 30.6. The molecule has 0 aromatic carbocycles. The van der Waals surface area contributed by atoms with Gasteiger partial charge in [0.2, 0.25) is 0 Å². The molecule has 22 nitrogen and oxygen atoms in total. The molecule has 0 aromatic heterocycles. The minimum absolute atomic E-state index is 0.0694. The molecule has 15 atom stereocenters. The predicted octanol–water partition coefficient (Wildman–Crippen LogP) is -6.26. The standard InChI is InChI=1S/C33H60O22/c1-2-3-44-4-5-45-6-7-46-8-9-47-10-11-48-12-13-49-14-15-50-31-27(42)24(39)29(20(17-35)52-31)55-33-28(43)25(40)30(21(18-36)53-33)54-32-26(41)23(38)22(37)19(16-34)51-32/h2,19-43H,1,3-18H2. The minimum atomic E-state index is -1.93. The lowest BCUT2D eigenvalue weighted by Gasteiger charge is -2.48. The van der Waals surface area contributed by atoms with Crippen molar-refractivity contribution in [3.8, 4) is 0 Å². The second-order valence-corrected chi connectivity index (χ2v) is 12.6. The average Bonchev–Trinajstić information content (AvgIpc) is 3.19. The van der Waals surface area contributed by atoms with Crippen molar-refractivity contribution in [2.75, 3.05) is 106 Å². The minimum Gasteiger partial charge on any atom is -0.394 e. The van der Waals surface area contributed by atoms with Crippen LogP contribution in [0.25, 0.3) is 0 Å². The molecule has 55 heavy (non-hydrogen) atoms. The van der Waals surface area contributed by atoms with Crippen LogP contribution in [0.1, 0.15) is 0 Å². The van der Waals surface area contributed by atoms with Gasteiger partial charge in [-0.15, -0.1) is 6.58 Å². The fourth-order valence-electron chi connectivity index (χ4n) is 5.67. The lowest BCUT2D eigenvalue weighted by molar-refractivity contribution is -0.379. The van der Waals surface area contributed by atoms with Gasteiger partial charge in [0.15, 0.2) is 18.9 Å². The molecule has 0 spiro atoms. The molecule has 3 aliphatic rings. The molecule has 3 rings (SSSR count). The summed E-state index contributed by atoms with van der Waals surface area (Å²) in [5, 5.41) is 103. The van der Waals surface area contributed by atoms with E-state index in [2.05, 4.69) is 6.58 Å². The fraction of sp³-hybridized carbons (Fsp3) is 0.939. The molecule has 3 aliphatic heterocycles. The Labute approximate surface area is 318 Å². The molecular formula is C33H60O22. The molecule has 0 aromatic rings. The van der Waals surface area contributed by atoms with E-state index in [1.54, 1.807) is 6.08 Å². The number of hydrogen-bond acceptors (Lipinski definition) is 22. The molecule has 3 heterocycles. The molecule has 3 fully saturated rings. The van der Waals surface area contributed by atoms with Gasteiger partial charge in [-0.2, -0.15) is 0 Å². The summed E-state index contributed by atoms with van der Waals surface area (Å²) in [5.41, 5.74) is 0. The largest absolute Gasteiger partial charge is 0.394 e. The van der Waals surface area contributed by atoms with Gasteiger partial charge in [-0.3, -0.25) is 0 Å². The highest BCUT2D eigenvalue weighted by Gasteiger charge is 2.53. The van der Waals surface area contributed by atoms with Crippen LogP contribution >= 0.6 is 0 Å². The van der Waals surface area contributed by atoms with E-state index in [-0.39, 0.29) is 26.4 Å². The predicted molar refractivity (Wildman–Crippen MR) is 180 cm³/mol. The first-order valence-corrected chi connectivity index (χ1v) is 18.1. The van der Waals surface area contributed by atoms with Gasteiger partial charge in [0, 0.05) is 0 Å². The quantitative estimate of drug-likeness (QED) is 0.0260. The fourth-order valence-corrected chi connectivity index (χ4v) is 5.67. The first-order valence-electron chi connectivity index (χ1n) is 18.1. The number of aliphatic hydroxyl groups excluding tert-OH is 10. The molecule has 0 radical (unpaired) electrons. The van der Waals surface area contributed by atoms with Crippen LogP contribution in [0.5, 0.6) is 0 Å². The Hall–Kier alpha value is -1.14. The Morgan fingerprint density at radius 1 is 0.400 bits per heavy atom. The Bertz CT molecular complexity index is 995. The van der Waals surface area contributed by atoms with Crippen molar-refractivity contribution >= 4 is 0 Å². The third-order valence-electron chi connectivity index (χ3n) is 8.68. The van der Waals surface area contributed by atoms with Crippen LogP contribution in [0.15, 0.2) is 12.7 Å². The lowest BCUT2D eigenvalue weighted by atomic mass is 9.96. The smallest absolute Gasteiger partial charge is 0.187 e. The summed E-state index contributed by atoms with van der Waals surface area (Å²) in [5.74, 6) is 0. The maximum absolute atomic E-state index is 10.9. The summed E-state index contributed by atoms with van der Waals surface area (Å²) in [4.78, 5) is 0. The van der Waals surface area contributed by atoms with Gasteiger partial charge in [0.05, 0.1) is 106 Å². The van der Waals surface area contributed by atoms with Crippen LogP contribution < -0.4 is 0 Å². The SMILES string of the molecule is C=CCOCCOCCOCCOCCOCCOCCOC1OC(CO)C(OC2OC(CO)C(OC3OC(CO)C(O)C(O)C3O)C(O)C2O)C(O)C1O. The molecule has 324 valence electrons. The van der Waals surface area contributed by atoms with Gasteiger partial charge in [-0.05, 0) is 0 Å². The Balaban J connectivity index is 1.30. The van der Waals surface area contributed by atoms with Crippen LogP contribution in [0.2, 0.25) is 0 Å². The molecule has 3 saturated heterocycles. The van der Waals surface area contributed by atoms with Crippen molar-refractivity contribution < 1.29 is 108 Å². The van der Waals surface area contributed by atoms with Crippen LogP contribution in [-0.4, -0.2) is 249 Å². The molecule has 0 aliphatic carbocycles. The van der Waals surface area contributed by atoms with E-state index < -0.39 is 112 Å². The monoisotopic (exact) mass is 808 g/mol. The third-order valence-corrected chi connectivity index (χ3v) is 8.68. The van der Waals surface area contributed by atoms with Crippen molar-refractivity contribution in [2.45, 2.75) is 92.1 Å². The molecule has 22 heteroatoms. The highest BCUT2D eigenvalue weighted by atomic mass is 16.8. The highest BCUT2D eigenvalue weighted by molar-refractivity contribution is 4.96. The summed E-state index contributed by atoms with van der Waals surface area (Å²) in [6.07, 6.45) is -23.1. The Morgan fingerprint density at radius 3 is 1.16 bits per heavy atom. The third kappa shape index (κ3) is 15.2. The first-order chi connectivity index (χ1) is 26.6. The van der Waals surface area contributed by atoms with E-state index in [9.17, 15) is 51.1 Å². The summed E-state index contributed by atoms with van der Waals surface area (Å²) < 4.78 is 65.4. The van der Waals surface area contributed by atoms with Crippen molar-refractivity contribution in [1.29, 1.82) is 0 Å². The summed E-state index contributed by atoms with van der Waals surface area (Å²) >= 11 is 0. The molecular weight excluding hydrogens is 748 g/mol. The van der Waals surface area contributed by atoms with Gasteiger partial charge < -0.3 is 108 Å². The molecule has 0 saturated carbocycles. The zero-order valence-electron chi connectivity index (χ0n) is 30.6. The van der Waals surface area contributed by atoms with E-state index >= 15 is 0 Å². The van der Waals surface area contributed by atoms with Gasteiger partial charge >= 0.3 is 0 Å². The second-order valence-electron chi connectivity index (χ2n) is 12.6. The maximum atomic E-state index is 10.9. The van der Waals surface area contributed by atoms with E-state index in [4.69, 9.17) is 56.8 Å². The molecule has 10 N–H and O–H groups in total. The number of hydrogen-bond donors (Lipinski definition) is 10. The summed E-state index contributed by atoms with van der Waals surface area (Å²) in [7, 11) is 0. The van der Waals surface area contributed by atoms with Crippen LogP contribution in [0, 0.1) is 0 Å². The highest BCUT2D eigenvalue weighted by Crippen LogP contribution is 2.32. The molecule has 0 amide bonds. The normalized spacial score (nSPS) is 36.9. The van der Waals surface area contributed by atoms with E-state index in [0.717, 1.165) is 0 Å². The first kappa shape index (κ1) is 48.2. The van der Waals surface area contributed by atoms with Crippen LogP contribution in [0.3, 0.4) is 0 Å². The van der Waals surface area contributed by atoms with Gasteiger partial charge in [0.1, 0.15) is 73.2 Å². The lowest BCUT2D eigenvalue weighted by Crippen LogP contribution is -2.66. The summed E-state index contributed by atoms with van der Waals surface area (Å²) in [6.45, 7) is 5.69. The topological polar surface area (TPSA) is 313 Å². The van der Waals surface area contributed by atoms with E-state index in [1.165, 1.54) is 0 Å². The van der Waals surface area contributed by atoms with Crippen molar-refractivity contribution in [2.24, 2.45) is 0 Å². The van der Waals surface area contributed by atoms with Crippen molar-refractivity contribution in [1.82, 2.24) is 0 Å². The van der Waals surface area contributed by atoms with Crippen molar-refractivity contribution in [3.63, 3.8) is 0 Å². The number of rotatable bonds is 28. The molecule has 0 bridgehead atoms. The summed E-state index contributed by atoms with van der Waals surface area (Å²) in [6, 6.07) is 0. The van der Waals surface area contributed by atoms with Crippen molar-refractivity contribution in [3.05, 3.63) is 12.7 Å². The number of aliphatic hydroxyl groups is 10. The van der Waals surface area contributed by atoms with Gasteiger partial charge in [-0.1, -0.05) is 6.08 Å². The average molecular weight is 809 g/mol. The number of ether oxygens (including phenoxy) is 12. The zero-order chi connectivity index (χ0) is 40.2. The van der Waals surface area contributed by atoms with Crippen LogP contribution in [0.4, 0.5) is 0 Å². The Kier molecular flexibility index (Phi) is 23.5. The Morgan fingerprint density at radius 2 is 0.745 bits per heavy atom.